The number of ether oxygens (including phenoxy) is 1. The number of carbonyl (C=O) groups is 1. The summed E-state index contributed by atoms with van der Waals surface area (Å²) in [6.45, 7) is 2.17. The summed E-state index contributed by atoms with van der Waals surface area (Å²) in [7, 11) is -2.37. The lowest BCUT2D eigenvalue weighted by Gasteiger charge is -2.28. The van der Waals surface area contributed by atoms with E-state index in [4.69, 9.17) is 4.74 Å². The maximum Gasteiger partial charge on any atom is 0.328 e. The Bertz CT molecular complexity index is 620. The second-order valence-electron chi connectivity index (χ2n) is 5.88. The number of rotatable bonds is 5. The van der Waals surface area contributed by atoms with Gasteiger partial charge in [0.15, 0.2) is 0 Å². The topological polar surface area (TPSA) is 84.5 Å². The smallest absolute Gasteiger partial charge is 0.328 e. The van der Waals surface area contributed by atoms with Crippen molar-refractivity contribution in [3.8, 4) is 5.75 Å². The van der Waals surface area contributed by atoms with E-state index in [0.29, 0.717) is 5.75 Å². The quantitative estimate of drug-likeness (QED) is 0.863. The molecule has 1 aliphatic rings. The first-order valence-electron chi connectivity index (χ1n) is 7.92. The molecule has 0 bridgehead atoms. The Morgan fingerprint density at radius 1 is 1.17 bits per heavy atom. The monoisotopic (exact) mass is 340 g/mol. The normalized spacial score (nSPS) is 21.5. The number of hydrogen-bond acceptors (Lipinski definition) is 4. The Labute approximate surface area is 137 Å². The van der Waals surface area contributed by atoms with E-state index in [1.165, 1.54) is 19.2 Å². The predicted molar refractivity (Wildman–Crippen MR) is 87.9 cm³/mol. The van der Waals surface area contributed by atoms with E-state index in [2.05, 4.69) is 17.0 Å². The van der Waals surface area contributed by atoms with Crippen LogP contribution in [0.1, 0.15) is 39.0 Å². The van der Waals surface area contributed by atoms with E-state index in [0.717, 1.165) is 38.0 Å². The minimum absolute atomic E-state index is 0.0307. The standard InChI is InChI=1S/C16H24N2O4S/c1-3-12-4-6-13(7-5-12)17-16(19)18-23(20,21)15-10-8-14(22-2)9-11-15/h8-13H,3-7H2,1-2H3,(H2,17,18,19). The molecule has 128 valence electrons. The van der Waals surface area contributed by atoms with Gasteiger partial charge in [0.1, 0.15) is 5.75 Å². The first kappa shape index (κ1) is 17.6. The molecule has 7 heteroatoms. The Hall–Kier alpha value is -1.76. The summed E-state index contributed by atoms with van der Waals surface area (Å²) in [4.78, 5) is 12.0. The highest BCUT2D eigenvalue weighted by atomic mass is 32.2. The van der Waals surface area contributed by atoms with Crippen molar-refractivity contribution in [2.75, 3.05) is 7.11 Å². The van der Waals surface area contributed by atoms with Crippen molar-refractivity contribution >= 4 is 16.1 Å². The van der Waals surface area contributed by atoms with Crippen LogP contribution in [0.25, 0.3) is 0 Å². The maximum absolute atomic E-state index is 12.2. The van der Waals surface area contributed by atoms with Gasteiger partial charge in [0.25, 0.3) is 10.0 Å². The molecule has 0 saturated heterocycles. The van der Waals surface area contributed by atoms with Crippen molar-refractivity contribution in [1.29, 1.82) is 0 Å². The molecule has 0 aromatic heterocycles. The van der Waals surface area contributed by atoms with Gasteiger partial charge in [-0.05, 0) is 55.9 Å². The molecule has 2 rings (SSSR count). The van der Waals surface area contributed by atoms with E-state index in [-0.39, 0.29) is 10.9 Å². The van der Waals surface area contributed by atoms with E-state index in [1.54, 1.807) is 12.1 Å². The molecule has 0 heterocycles. The molecule has 1 aromatic carbocycles. The van der Waals surface area contributed by atoms with Crippen LogP contribution in [-0.4, -0.2) is 27.6 Å². The van der Waals surface area contributed by atoms with Crippen LogP contribution in [0.2, 0.25) is 0 Å². The first-order valence-corrected chi connectivity index (χ1v) is 9.40. The van der Waals surface area contributed by atoms with Crippen LogP contribution < -0.4 is 14.8 Å². The number of carbonyl (C=O) groups excluding carboxylic acids is 1. The van der Waals surface area contributed by atoms with Crippen LogP contribution in [0, 0.1) is 5.92 Å². The third-order valence-electron chi connectivity index (χ3n) is 4.36. The van der Waals surface area contributed by atoms with Gasteiger partial charge in [-0.3, -0.25) is 0 Å². The molecule has 2 amide bonds. The second kappa shape index (κ2) is 7.68. The van der Waals surface area contributed by atoms with Gasteiger partial charge in [0, 0.05) is 6.04 Å². The molecule has 0 atom stereocenters. The number of urea groups is 1. The molecule has 2 N–H and O–H groups in total. The van der Waals surface area contributed by atoms with Crippen molar-refractivity contribution in [3.05, 3.63) is 24.3 Å². The van der Waals surface area contributed by atoms with Crippen LogP contribution in [0.3, 0.4) is 0 Å². The predicted octanol–water partition coefficient (Wildman–Crippen LogP) is 2.65. The van der Waals surface area contributed by atoms with Crippen molar-refractivity contribution in [1.82, 2.24) is 10.0 Å². The van der Waals surface area contributed by atoms with E-state index in [9.17, 15) is 13.2 Å². The number of methoxy groups -OCH3 is 1. The average Bonchev–Trinajstić information content (AvgIpc) is 2.55. The van der Waals surface area contributed by atoms with Crippen LogP contribution in [-0.2, 0) is 10.0 Å². The van der Waals surface area contributed by atoms with Gasteiger partial charge >= 0.3 is 6.03 Å². The number of benzene rings is 1. The summed E-state index contributed by atoms with van der Waals surface area (Å²) in [5.41, 5.74) is 0. The van der Waals surface area contributed by atoms with E-state index >= 15 is 0 Å². The maximum atomic E-state index is 12.2. The van der Waals surface area contributed by atoms with Crippen molar-refractivity contribution in [2.45, 2.75) is 50.0 Å². The molecule has 6 nitrogen and oxygen atoms in total. The first-order chi connectivity index (χ1) is 10.9. The summed E-state index contributed by atoms with van der Waals surface area (Å²) in [6.07, 6.45) is 5.10. The average molecular weight is 340 g/mol. The number of nitrogens with one attached hydrogen (secondary N) is 2. The van der Waals surface area contributed by atoms with Crippen molar-refractivity contribution in [2.24, 2.45) is 5.92 Å². The number of amides is 2. The van der Waals surface area contributed by atoms with Crippen LogP contribution in [0.15, 0.2) is 29.2 Å². The lowest BCUT2D eigenvalue weighted by atomic mass is 9.85. The summed E-state index contributed by atoms with van der Waals surface area (Å²) >= 11 is 0. The highest BCUT2D eigenvalue weighted by Crippen LogP contribution is 2.26. The molecule has 1 fully saturated rings. The molecule has 0 spiro atoms. The summed E-state index contributed by atoms with van der Waals surface area (Å²) in [5.74, 6) is 1.28. The van der Waals surface area contributed by atoms with Crippen LogP contribution in [0.5, 0.6) is 5.75 Å². The van der Waals surface area contributed by atoms with Crippen LogP contribution in [0.4, 0.5) is 4.79 Å². The van der Waals surface area contributed by atoms with Gasteiger partial charge in [0.05, 0.1) is 12.0 Å². The van der Waals surface area contributed by atoms with Crippen LogP contribution >= 0.6 is 0 Å². The zero-order valence-electron chi connectivity index (χ0n) is 13.5. The lowest BCUT2D eigenvalue weighted by Crippen LogP contribution is -2.45. The van der Waals surface area contributed by atoms with Gasteiger partial charge in [-0.15, -0.1) is 0 Å². The molecule has 23 heavy (non-hydrogen) atoms. The summed E-state index contributed by atoms with van der Waals surface area (Å²) in [5, 5.41) is 2.76. The fourth-order valence-corrected chi connectivity index (χ4v) is 3.78. The van der Waals surface area contributed by atoms with Crippen molar-refractivity contribution in [3.63, 3.8) is 0 Å². The van der Waals surface area contributed by atoms with Gasteiger partial charge in [-0.2, -0.15) is 0 Å². The number of sulfonamides is 1. The van der Waals surface area contributed by atoms with Gasteiger partial charge in [0.2, 0.25) is 0 Å². The number of hydrogen-bond donors (Lipinski definition) is 2. The molecule has 0 unspecified atom stereocenters. The molecule has 1 saturated carbocycles. The minimum Gasteiger partial charge on any atom is -0.497 e. The molecule has 0 radical (unpaired) electrons. The second-order valence-corrected chi connectivity index (χ2v) is 7.56. The minimum atomic E-state index is -3.87. The van der Waals surface area contributed by atoms with E-state index in [1.807, 2.05) is 0 Å². The molecular formula is C16H24N2O4S. The third kappa shape index (κ3) is 4.86. The SMILES string of the molecule is CCC1CCC(NC(=O)NS(=O)(=O)c2ccc(OC)cc2)CC1. The Morgan fingerprint density at radius 2 is 1.78 bits per heavy atom. The zero-order chi connectivity index (χ0) is 16.9. The fraction of sp³-hybridized carbons (Fsp3) is 0.562. The lowest BCUT2D eigenvalue weighted by molar-refractivity contribution is 0.231. The van der Waals surface area contributed by atoms with Gasteiger partial charge in [-0.1, -0.05) is 13.3 Å². The molecule has 1 aromatic rings. The highest BCUT2D eigenvalue weighted by molar-refractivity contribution is 7.90. The largest absolute Gasteiger partial charge is 0.497 e. The Morgan fingerprint density at radius 3 is 2.30 bits per heavy atom. The van der Waals surface area contributed by atoms with Gasteiger partial charge in [-0.25, -0.2) is 17.9 Å². The van der Waals surface area contributed by atoms with E-state index < -0.39 is 16.1 Å². The van der Waals surface area contributed by atoms with Gasteiger partial charge < -0.3 is 10.1 Å². The Kier molecular flexibility index (Phi) is 5.87. The Balaban J connectivity index is 1.90. The molecule has 1 aliphatic carbocycles. The summed E-state index contributed by atoms with van der Waals surface area (Å²) in [6, 6.07) is 5.27. The molecule has 0 aliphatic heterocycles. The van der Waals surface area contributed by atoms with Crippen molar-refractivity contribution < 1.29 is 17.9 Å². The zero-order valence-corrected chi connectivity index (χ0v) is 14.4. The summed E-state index contributed by atoms with van der Waals surface area (Å²) < 4.78 is 31.4. The molecular weight excluding hydrogens is 316 g/mol. The highest BCUT2D eigenvalue weighted by Gasteiger charge is 2.23. The fourth-order valence-electron chi connectivity index (χ4n) is 2.87. The third-order valence-corrected chi connectivity index (χ3v) is 5.70.